The molecule has 0 aromatic carbocycles. The predicted octanol–water partition coefficient (Wildman–Crippen LogP) is 4.03. The number of nitrogens with one attached hydrogen (secondary N) is 1. The molecule has 0 fully saturated rings. The third-order valence-electron chi connectivity index (χ3n) is 5.58. The fourth-order valence-electron chi connectivity index (χ4n) is 3.71. The normalized spacial score (nSPS) is 15.4. The molecule has 3 N–H and O–H groups in total. The second-order valence-corrected chi connectivity index (χ2v) is 8.47. The Labute approximate surface area is 206 Å². The molecule has 0 radical (unpaired) electrons. The van der Waals surface area contributed by atoms with Gasteiger partial charge in [-0.1, -0.05) is 23.7 Å². The lowest BCUT2D eigenvalue weighted by molar-refractivity contribution is -0.140. The zero-order chi connectivity index (χ0) is 26.4. The SMILES string of the molecule is CCc1cc(Cn2nc(C(F)(F)F)c(NC(=O)c3cc(C(N)=O)nc4c3C=C(Cl)C(F)C4)c2C)on1. The van der Waals surface area contributed by atoms with Gasteiger partial charge in [0.15, 0.2) is 11.5 Å². The number of anilines is 1. The quantitative estimate of drug-likeness (QED) is 0.467. The van der Waals surface area contributed by atoms with Crippen LogP contribution in [0.4, 0.5) is 23.2 Å². The molecule has 1 aliphatic carbocycles. The molecule has 0 spiro atoms. The van der Waals surface area contributed by atoms with E-state index in [0.29, 0.717) is 12.1 Å². The highest BCUT2D eigenvalue weighted by molar-refractivity contribution is 6.32. The van der Waals surface area contributed by atoms with Crippen molar-refractivity contribution in [2.75, 3.05) is 5.32 Å². The van der Waals surface area contributed by atoms with Crippen molar-refractivity contribution in [3.05, 3.63) is 62.5 Å². The lowest BCUT2D eigenvalue weighted by atomic mass is 9.95. The van der Waals surface area contributed by atoms with Gasteiger partial charge >= 0.3 is 6.18 Å². The number of hydrogen-bond donors (Lipinski definition) is 2. The topological polar surface area (TPSA) is 129 Å². The van der Waals surface area contributed by atoms with Crippen molar-refractivity contribution in [2.45, 2.75) is 45.6 Å². The number of amides is 2. The number of rotatable bonds is 6. The van der Waals surface area contributed by atoms with Gasteiger partial charge in [-0.3, -0.25) is 14.3 Å². The molecular weight excluding hydrogens is 508 g/mol. The van der Waals surface area contributed by atoms with E-state index in [0.717, 1.165) is 16.8 Å². The number of alkyl halides is 4. The third-order valence-corrected chi connectivity index (χ3v) is 5.92. The van der Waals surface area contributed by atoms with Gasteiger partial charge in [-0.05, 0) is 25.5 Å². The van der Waals surface area contributed by atoms with Crippen LogP contribution in [0, 0.1) is 6.92 Å². The van der Waals surface area contributed by atoms with Gasteiger partial charge in [-0.15, -0.1) is 0 Å². The molecular formula is C22H19ClF4N6O3. The molecule has 0 saturated heterocycles. The summed E-state index contributed by atoms with van der Waals surface area (Å²) < 4.78 is 61.8. The molecule has 1 aliphatic rings. The second-order valence-electron chi connectivity index (χ2n) is 8.04. The first-order valence-corrected chi connectivity index (χ1v) is 11.0. The standard InChI is InChI=1S/C22H19ClF4N6O3/c1-3-10-4-11(36-32-10)8-33-9(2)18(19(31-33)22(25,26)27)30-21(35)13-6-17(20(28)34)29-16-7-15(24)14(23)5-12(13)16/h4-6,15H,3,7-8H2,1-2H3,(H2,28,34)(H,30,35). The first-order chi connectivity index (χ1) is 16.9. The van der Waals surface area contributed by atoms with E-state index in [-0.39, 0.29) is 52.0 Å². The van der Waals surface area contributed by atoms with Crippen LogP contribution in [0.5, 0.6) is 0 Å². The fourth-order valence-corrected chi connectivity index (χ4v) is 3.89. The summed E-state index contributed by atoms with van der Waals surface area (Å²) in [5.74, 6) is -1.74. The number of hydrogen-bond acceptors (Lipinski definition) is 6. The summed E-state index contributed by atoms with van der Waals surface area (Å²) in [5.41, 5.74) is 3.46. The van der Waals surface area contributed by atoms with Crippen LogP contribution in [0.3, 0.4) is 0 Å². The Kier molecular flexibility index (Phi) is 6.60. The van der Waals surface area contributed by atoms with Crippen LogP contribution < -0.4 is 11.1 Å². The largest absolute Gasteiger partial charge is 0.437 e. The van der Waals surface area contributed by atoms with Crippen molar-refractivity contribution < 1.29 is 31.7 Å². The average Bonchev–Trinajstić information content (AvgIpc) is 3.38. The Bertz CT molecular complexity index is 1400. The number of allylic oxidation sites excluding steroid dienone is 1. The van der Waals surface area contributed by atoms with E-state index in [1.54, 1.807) is 6.07 Å². The van der Waals surface area contributed by atoms with Crippen molar-refractivity contribution in [1.29, 1.82) is 0 Å². The minimum atomic E-state index is -4.91. The molecule has 3 heterocycles. The van der Waals surface area contributed by atoms with E-state index in [9.17, 15) is 27.2 Å². The van der Waals surface area contributed by atoms with E-state index in [1.165, 1.54) is 6.92 Å². The summed E-state index contributed by atoms with van der Waals surface area (Å²) in [7, 11) is 0. The number of pyridine rings is 1. The van der Waals surface area contributed by atoms with Crippen LogP contribution in [0.2, 0.25) is 0 Å². The van der Waals surface area contributed by atoms with E-state index in [1.807, 2.05) is 6.92 Å². The molecule has 1 unspecified atom stereocenters. The Morgan fingerprint density at radius 1 is 1.33 bits per heavy atom. The van der Waals surface area contributed by atoms with Gasteiger partial charge in [0.2, 0.25) is 0 Å². The smallest absolute Gasteiger partial charge is 0.364 e. The van der Waals surface area contributed by atoms with Gasteiger partial charge in [-0.2, -0.15) is 18.3 Å². The first kappa shape index (κ1) is 25.4. The number of nitrogens with two attached hydrogens (primary N) is 1. The van der Waals surface area contributed by atoms with Crippen LogP contribution in [-0.4, -0.2) is 37.9 Å². The maximum atomic E-state index is 14.1. The molecule has 0 saturated carbocycles. The number of carbonyl (C=O) groups excluding carboxylic acids is 2. The third kappa shape index (κ3) is 4.83. The van der Waals surface area contributed by atoms with Crippen molar-refractivity contribution in [3.8, 4) is 0 Å². The van der Waals surface area contributed by atoms with E-state index >= 15 is 0 Å². The lowest BCUT2D eigenvalue weighted by Crippen LogP contribution is -2.24. The maximum Gasteiger partial charge on any atom is 0.437 e. The summed E-state index contributed by atoms with van der Waals surface area (Å²) in [6, 6.07) is 2.61. The summed E-state index contributed by atoms with van der Waals surface area (Å²) in [6.45, 7) is 3.02. The van der Waals surface area contributed by atoms with Crippen molar-refractivity contribution in [3.63, 3.8) is 0 Å². The highest BCUT2D eigenvalue weighted by Crippen LogP contribution is 2.37. The Morgan fingerprint density at radius 2 is 2.06 bits per heavy atom. The number of aromatic nitrogens is 4. The van der Waals surface area contributed by atoms with Gasteiger partial charge in [0.25, 0.3) is 11.8 Å². The summed E-state index contributed by atoms with van der Waals surface area (Å²) in [6.07, 6.45) is -5.15. The summed E-state index contributed by atoms with van der Waals surface area (Å²) in [5, 5.41) is 9.45. The zero-order valence-electron chi connectivity index (χ0n) is 18.9. The van der Waals surface area contributed by atoms with Crippen LogP contribution in [0.15, 0.2) is 21.7 Å². The number of carbonyl (C=O) groups is 2. The number of halogens is 5. The molecule has 14 heteroatoms. The van der Waals surface area contributed by atoms with Gasteiger partial charge in [0.1, 0.15) is 18.4 Å². The van der Waals surface area contributed by atoms with Crippen molar-refractivity contribution in [1.82, 2.24) is 19.9 Å². The van der Waals surface area contributed by atoms with Gasteiger partial charge in [-0.25, -0.2) is 9.37 Å². The molecule has 3 aromatic rings. The average molecular weight is 527 g/mol. The van der Waals surface area contributed by atoms with Crippen LogP contribution in [0.25, 0.3) is 6.08 Å². The highest BCUT2D eigenvalue weighted by atomic mass is 35.5. The van der Waals surface area contributed by atoms with Gasteiger partial charge in [0, 0.05) is 18.1 Å². The fraction of sp³-hybridized carbons (Fsp3) is 0.318. The maximum absolute atomic E-state index is 14.1. The van der Waals surface area contributed by atoms with Gasteiger partial charge in [0.05, 0.1) is 33.4 Å². The van der Waals surface area contributed by atoms with Crippen LogP contribution >= 0.6 is 11.6 Å². The van der Waals surface area contributed by atoms with Gasteiger partial charge < -0.3 is 15.6 Å². The van der Waals surface area contributed by atoms with Crippen molar-refractivity contribution >= 4 is 35.2 Å². The number of aryl methyl sites for hydroxylation is 1. The minimum Gasteiger partial charge on any atom is -0.364 e. The van der Waals surface area contributed by atoms with Crippen LogP contribution in [-0.2, 0) is 25.6 Å². The van der Waals surface area contributed by atoms with E-state index in [4.69, 9.17) is 21.9 Å². The molecule has 3 aromatic heterocycles. The number of nitrogens with zero attached hydrogens (tertiary/aromatic N) is 4. The molecule has 9 nitrogen and oxygen atoms in total. The molecule has 36 heavy (non-hydrogen) atoms. The molecule has 1 atom stereocenters. The zero-order valence-corrected chi connectivity index (χ0v) is 19.7. The first-order valence-electron chi connectivity index (χ1n) is 10.6. The summed E-state index contributed by atoms with van der Waals surface area (Å²) in [4.78, 5) is 28.9. The molecule has 2 amide bonds. The molecule has 0 aliphatic heterocycles. The number of primary amides is 1. The molecule has 190 valence electrons. The Balaban J connectivity index is 1.76. The molecule has 0 bridgehead atoms. The summed E-state index contributed by atoms with van der Waals surface area (Å²) >= 11 is 5.90. The highest BCUT2D eigenvalue weighted by Gasteiger charge is 2.40. The number of fused-ring (bicyclic) bond motifs is 1. The monoisotopic (exact) mass is 526 g/mol. The molecule has 4 rings (SSSR count). The van der Waals surface area contributed by atoms with E-state index in [2.05, 4.69) is 20.6 Å². The second kappa shape index (κ2) is 9.37. The van der Waals surface area contributed by atoms with Crippen LogP contribution in [0.1, 0.15) is 61.9 Å². The minimum absolute atomic E-state index is 0.0134. The Hall–Kier alpha value is -3.74. The lowest BCUT2D eigenvalue weighted by Gasteiger charge is -2.19. The van der Waals surface area contributed by atoms with E-state index < -0.39 is 35.5 Å². The predicted molar refractivity (Wildman–Crippen MR) is 120 cm³/mol. The van der Waals surface area contributed by atoms with Crippen molar-refractivity contribution in [2.24, 2.45) is 5.73 Å². The Morgan fingerprint density at radius 3 is 2.67 bits per heavy atom.